The third-order valence-electron chi connectivity index (χ3n) is 2.36. The summed E-state index contributed by atoms with van der Waals surface area (Å²) in [5.74, 6) is 0.0149. The van der Waals surface area contributed by atoms with E-state index in [9.17, 15) is 4.79 Å². The van der Waals surface area contributed by atoms with E-state index in [-0.39, 0.29) is 5.91 Å². The second kappa shape index (κ2) is 5.49. The summed E-state index contributed by atoms with van der Waals surface area (Å²) >= 11 is 8.79. The molecule has 1 saturated heterocycles. The number of halogens is 1. The van der Waals surface area contributed by atoms with Crippen molar-refractivity contribution in [2.75, 3.05) is 6.54 Å². The molecule has 1 amide bonds. The lowest BCUT2D eigenvalue weighted by atomic mass is 10.2. The third kappa shape index (κ3) is 2.89. The van der Waals surface area contributed by atoms with Gasteiger partial charge in [0, 0.05) is 10.1 Å². The number of thiocarbonyl (C=S) groups is 1. The predicted molar refractivity (Wildman–Crippen MR) is 84.7 cm³/mol. The molecule has 1 aliphatic rings. The predicted octanol–water partition coefficient (Wildman–Crippen LogP) is 3.51. The number of nitrogens with zero attached hydrogens (tertiary/aromatic N) is 1. The number of hydrogen-bond acceptors (Lipinski definition) is 3. The Morgan fingerprint density at radius 3 is 2.59 bits per heavy atom. The quantitative estimate of drug-likeness (QED) is 0.448. The fourth-order valence-electron chi connectivity index (χ4n) is 1.48. The molecule has 1 aromatic rings. The Bertz CT molecular complexity index is 496. The summed E-state index contributed by atoms with van der Waals surface area (Å²) in [6, 6.07) is 8.04. The number of carbonyl (C=O) groups is 1. The van der Waals surface area contributed by atoms with Gasteiger partial charge >= 0.3 is 0 Å². The van der Waals surface area contributed by atoms with Crippen molar-refractivity contribution < 1.29 is 4.79 Å². The Labute approximate surface area is 124 Å². The SMILES string of the molecule is CCN1C(=O)/C(=C\c2ccc(I)cc2)SC1=S. The topological polar surface area (TPSA) is 20.3 Å². The third-order valence-corrected chi connectivity index (χ3v) is 4.45. The zero-order valence-corrected chi connectivity index (χ0v) is 12.9. The molecule has 0 saturated carbocycles. The van der Waals surface area contributed by atoms with Gasteiger partial charge in [0.15, 0.2) is 0 Å². The van der Waals surface area contributed by atoms with Gasteiger partial charge in [-0.05, 0) is 53.3 Å². The van der Waals surface area contributed by atoms with E-state index in [0.29, 0.717) is 15.8 Å². The molecule has 0 bridgehead atoms. The normalized spacial score (nSPS) is 18.2. The number of carbonyl (C=O) groups excluding carboxylic acids is 1. The lowest BCUT2D eigenvalue weighted by Gasteiger charge is -2.09. The Morgan fingerprint density at radius 1 is 1.41 bits per heavy atom. The first kappa shape index (κ1) is 13.0. The minimum Gasteiger partial charge on any atom is -0.293 e. The highest BCUT2D eigenvalue weighted by molar-refractivity contribution is 14.1. The maximum absolute atomic E-state index is 12.0. The summed E-state index contributed by atoms with van der Waals surface area (Å²) < 4.78 is 1.83. The first-order valence-electron chi connectivity index (χ1n) is 5.12. The summed E-state index contributed by atoms with van der Waals surface area (Å²) in [6.45, 7) is 2.56. The van der Waals surface area contributed by atoms with Crippen molar-refractivity contribution in [2.24, 2.45) is 0 Å². The molecule has 0 aromatic heterocycles. The average molecular weight is 375 g/mol. The molecule has 5 heteroatoms. The molecule has 1 aliphatic heterocycles. The molecule has 0 N–H and O–H groups in total. The molecule has 0 atom stereocenters. The monoisotopic (exact) mass is 375 g/mol. The van der Waals surface area contributed by atoms with Gasteiger partial charge in [-0.3, -0.25) is 9.69 Å². The highest BCUT2D eigenvalue weighted by atomic mass is 127. The number of thioether (sulfide) groups is 1. The highest BCUT2D eigenvalue weighted by Gasteiger charge is 2.30. The van der Waals surface area contributed by atoms with Crippen LogP contribution in [0.25, 0.3) is 6.08 Å². The first-order valence-corrected chi connectivity index (χ1v) is 7.43. The van der Waals surface area contributed by atoms with Crippen molar-refractivity contribution in [3.8, 4) is 0 Å². The largest absolute Gasteiger partial charge is 0.293 e. The molecular weight excluding hydrogens is 365 g/mol. The molecule has 2 rings (SSSR count). The van der Waals surface area contributed by atoms with Crippen LogP contribution in [0.15, 0.2) is 29.2 Å². The molecule has 2 nitrogen and oxygen atoms in total. The van der Waals surface area contributed by atoms with Gasteiger partial charge in [0.2, 0.25) is 0 Å². The van der Waals surface area contributed by atoms with Crippen LogP contribution in [0, 0.1) is 3.57 Å². The molecule has 0 radical (unpaired) electrons. The number of benzene rings is 1. The number of amides is 1. The van der Waals surface area contributed by atoms with Crippen LogP contribution in [0.2, 0.25) is 0 Å². The van der Waals surface area contributed by atoms with E-state index in [0.717, 1.165) is 5.56 Å². The van der Waals surface area contributed by atoms with Crippen molar-refractivity contribution in [1.29, 1.82) is 0 Å². The van der Waals surface area contributed by atoms with Gasteiger partial charge < -0.3 is 0 Å². The van der Waals surface area contributed by atoms with Crippen LogP contribution < -0.4 is 0 Å². The van der Waals surface area contributed by atoms with Gasteiger partial charge in [-0.25, -0.2) is 0 Å². The maximum atomic E-state index is 12.0. The summed E-state index contributed by atoms with van der Waals surface area (Å²) in [5.41, 5.74) is 1.03. The van der Waals surface area contributed by atoms with Gasteiger partial charge in [0.1, 0.15) is 4.32 Å². The zero-order chi connectivity index (χ0) is 12.4. The average Bonchev–Trinajstić information content (AvgIpc) is 2.57. The standard InChI is InChI=1S/C12H10INOS2/c1-2-14-11(15)10(17-12(14)16)7-8-3-5-9(13)6-4-8/h3-7H,2H2,1H3/b10-7+. The van der Waals surface area contributed by atoms with Gasteiger partial charge in [0.25, 0.3) is 5.91 Å². The lowest BCUT2D eigenvalue weighted by Crippen LogP contribution is -2.27. The molecular formula is C12H10INOS2. The first-order chi connectivity index (χ1) is 8.11. The van der Waals surface area contributed by atoms with E-state index >= 15 is 0 Å². The van der Waals surface area contributed by atoms with Gasteiger partial charge in [-0.15, -0.1) is 0 Å². The zero-order valence-electron chi connectivity index (χ0n) is 9.14. The Hall–Kier alpha value is -0.400. The summed E-state index contributed by atoms with van der Waals surface area (Å²) in [5, 5.41) is 0. The van der Waals surface area contributed by atoms with E-state index < -0.39 is 0 Å². The number of hydrogen-bond donors (Lipinski definition) is 0. The molecule has 0 spiro atoms. The molecule has 1 heterocycles. The number of likely N-dealkylation sites (N-methyl/N-ethyl adjacent to an activating group) is 1. The van der Waals surface area contributed by atoms with E-state index in [2.05, 4.69) is 22.6 Å². The van der Waals surface area contributed by atoms with Gasteiger partial charge in [0.05, 0.1) is 4.91 Å². The van der Waals surface area contributed by atoms with Crippen molar-refractivity contribution in [3.63, 3.8) is 0 Å². The molecule has 17 heavy (non-hydrogen) atoms. The van der Waals surface area contributed by atoms with Crippen LogP contribution in [-0.2, 0) is 4.79 Å². The second-order valence-corrected chi connectivity index (χ2v) is 6.40. The van der Waals surface area contributed by atoms with Crippen molar-refractivity contribution in [2.45, 2.75) is 6.92 Å². The van der Waals surface area contributed by atoms with Crippen LogP contribution in [0.1, 0.15) is 12.5 Å². The lowest BCUT2D eigenvalue weighted by molar-refractivity contribution is -0.121. The van der Waals surface area contributed by atoms with Crippen LogP contribution in [-0.4, -0.2) is 21.7 Å². The maximum Gasteiger partial charge on any atom is 0.266 e. The molecule has 1 aromatic carbocycles. The van der Waals surface area contributed by atoms with E-state index in [4.69, 9.17) is 12.2 Å². The van der Waals surface area contributed by atoms with Gasteiger partial charge in [-0.2, -0.15) is 0 Å². The fraction of sp³-hybridized carbons (Fsp3) is 0.167. The van der Waals surface area contributed by atoms with Crippen LogP contribution >= 0.6 is 46.6 Å². The van der Waals surface area contributed by atoms with Crippen molar-refractivity contribution in [3.05, 3.63) is 38.3 Å². The van der Waals surface area contributed by atoms with Gasteiger partial charge in [-0.1, -0.05) is 36.1 Å². The fourth-order valence-corrected chi connectivity index (χ4v) is 3.23. The minimum absolute atomic E-state index is 0.0149. The minimum atomic E-state index is 0.0149. The van der Waals surface area contributed by atoms with E-state index in [1.54, 1.807) is 4.90 Å². The molecule has 0 aliphatic carbocycles. The molecule has 0 unspecified atom stereocenters. The van der Waals surface area contributed by atoms with Crippen LogP contribution in [0.3, 0.4) is 0 Å². The Balaban J connectivity index is 2.27. The van der Waals surface area contributed by atoms with Crippen LogP contribution in [0.5, 0.6) is 0 Å². The second-order valence-electron chi connectivity index (χ2n) is 3.48. The van der Waals surface area contributed by atoms with Crippen molar-refractivity contribution in [1.82, 2.24) is 4.90 Å². The summed E-state index contributed by atoms with van der Waals surface area (Å²) in [7, 11) is 0. The van der Waals surface area contributed by atoms with E-state index in [1.807, 2.05) is 37.3 Å². The van der Waals surface area contributed by atoms with E-state index in [1.165, 1.54) is 15.3 Å². The Kier molecular flexibility index (Phi) is 4.22. The summed E-state index contributed by atoms with van der Waals surface area (Å²) in [4.78, 5) is 14.3. The highest BCUT2D eigenvalue weighted by Crippen LogP contribution is 2.32. The smallest absolute Gasteiger partial charge is 0.266 e. The number of rotatable bonds is 2. The van der Waals surface area contributed by atoms with Crippen LogP contribution in [0.4, 0.5) is 0 Å². The Morgan fingerprint density at radius 2 is 2.06 bits per heavy atom. The summed E-state index contributed by atoms with van der Waals surface area (Å²) in [6.07, 6.45) is 1.89. The molecule has 88 valence electrons. The van der Waals surface area contributed by atoms with Crippen molar-refractivity contribution >= 4 is 62.9 Å². The molecule has 1 fully saturated rings.